The number of benzene rings is 1. The van der Waals surface area contributed by atoms with Crippen molar-refractivity contribution in [2.45, 2.75) is 26.8 Å². The lowest BCUT2D eigenvalue weighted by Gasteiger charge is -2.27. The van der Waals surface area contributed by atoms with Crippen molar-refractivity contribution in [1.82, 2.24) is 0 Å². The Morgan fingerprint density at radius 2 is 1.83 bits per heavy atom. The van der Waals surface area contributed by atoms with Gasteiger partial charge in [-0.15, -0.1) is 0 Å². The van der Waals surface area contributed by atoms with Crippen molar-refractivity contribution in [3.05, 3.63) is 23.3 Å². The first-order valence-corrected chi connectivity index (χ1v) is 6.40. The van der Waals surface area contributed by atoms with Crippen LogP contribution in [0.4, 0.5) is 0 Å². The molecule has 4 N–H and O–H groups in total. The summed E-state index contributed by atoms with van der Waals surface area (Å²) in [7, 11) is 0. The summed E-state index contributed by atoms with van der Waals surface area (Å²) in [5.74, 6) is 2.31. The van der Waals surface area contributed by atoms with Gasteiger partial charge < -0.3 is 20.9 Å². The molecule has 0 amide bonds. The average Bonchev–Trinajstić information content (AvgIpc) is 2.75. The summed E-state index contributed by atoms with van der Waals surface area (Å²) >= 11 is 0. The molecular weight excluding hydrogens is 228 g/mol. The molecule has 1 aromatic rings. The van der Waals surface area contributed by atoms with E-state index in [-0.39, 0.29) is 18.8 Å². The van der Waals surface area contributed by atoms with Crippen LogP contribution in [-0.2, 0) is 0 Å². The molecule has 0 aliphatic carbocycles. The molecule has 1 aromatic carbocycles. The normalized spacial score (nSPS) is 17.0. The van der Waals surface area contributed by atoms with Gasteiger partial charge >= 0.3 is 0 Å². The van der Waals surface area contributed by atoms with E-state index in [1.165, 1.54) is 0 Å². The molecule has 0 bridgehead atoms. The van der Waals surface area contributed by atoms with E-state index in [2.05, 4.69) is 13.8 Å². The number of aryl methyl sites for hydroxylation is 1. The molecular formula is C14H22N2O2. The highest BCUT2D eigenvalue weighted by Crippen LogP contribution is 2.38. The van der Waals surface area contributed by atoms with Crippen LogP contribution in [0, 0.1) is 18.8 Å². The lowest BCUT2D eigenvalue weighted by atomic mass is 9.83. The number of hydrogen-bond donors (Lipinski definition) is 2. The minimum absolute atomic E-state index is 0.0653. The van der Waals surface area contributed by atoms with Crippen LogP contribution in [0.5, 0.6) is 11.5 Å². The number of rotatable bonds is 4. The largest absolute Gasteiger partial charge is 0.454 e. The zero-order chi connectivity index (χ0) is 13.3. The monoisotopic (exact) mass is 250 g/mol. The first-order chi connectivity index (χ1) is 8.54. The summed E-state index contributed by atoms with van der Waals surface area (Å²) in [5.41, 5.74) is 14.4. The summed E-state index contributed by atoms with van der Waals surface area (Å²) in [6.07, 6.45) is 0. The number of fused-ring (bicyclic) bond motifs is 1. The fraction of sp³-hybridized carbons (Fsp3) is 0.571. The number of hydrogen-bond acceptors (Lipinski definition) is 4. The van der Waals surface area contributed by atoms with E-state index in [1.54, 1.807) is 0 Å². The smallest absolute Gasteiger partial charge is 0.231 e. The van der Waals surface area contributed by atoms with Gasteiger partial charge in [0.25, 0.3) is 0 Å². The first kappa shape index (κ1) is 13.2. The topological polar surface area (TPSA) is 70.5 Å². The van der Waals surface area contributed by atoms with Crippen LogP contribution in [0.15, 0.2) is 12.1 Å². The van der Waals surface area contributed by atoms with E-state index >= 15 is 0 Å². The summed E-state index contributed by atoms with van der Waals surface area (Å²) in [6.45, 7) is 7.23. The second-order valence-electron chi connectivity index (χ2n) is 5.23. The van der Waals surface area contributed by atoms with E-state index < -0.39 is 0 Å². The molecule has 4 heteroatoms. The van der Waals surface area contributed by atoms with Gasteiger partial charge in [0.15, 0.2) is 11.5 Å². The van der Waals surface area contributed by atoms with Crippen molar-refractivity contribution < 1.29 is 9.47 Å². The second-order valence-corrected chi connectivity index (χ2v) is 5.23. The van der Waals surface area contributed by atoms with Gasteiger partial charge in [-0.2, -0.15) is 0 Å². The van der Waals surface area contributed by atoms with Crippen LogP contribution in [0.3, 0.4) is 0 Å². The summed E-state index contributed by atoms with van der Waals surface area (Å²) in [4.78, 5) is 0. The second kappa shape index (κ2) is 5.16. The SMILES string of the molecule is Cc1cc2c(cc1C(N)C(CN)C(C)C)OCO2. The quantitative estimate of drug-likeness (QED) is 0.857. The molecule has 18 heavy (non-hydrogen) atoms. The standard InChI is InChI=1S/C14H22N2O2/c1-8(2)11(6-15)14(16)10-5-13-12(4-9(10)3)17-7-18-13/h4-5,8,11,14H,6-7,15-16H2,1-3H3. The van der Waals surface area contributed by atoms with E-state index in [0.717, 1.165) is 22.6 Å². The highest BCUT2D eigenvalue weighted by Gasteiger charge is 2.25. The van der Waals surface area contributed by atoms with Crippen LogP contribution >= 0.6 is 0 Å². The van der Waals surface area contributed by atoms with Crippen LogP contribution < -0.4 is 20.9 Å². The molecule has 0 radical (unpaired) electrons. The fourth-order valence-corrected chi connectivity index (χ4v) is 2.48. The maximum atomic E-state index is 6.37. The molecule has 2 unspecified atom stereocenters. The Hall–Kier alpha value is -1.26. The summed E-state index contributed by atoms with van der Waals surface area (Å²) in [6, 6.07) is 3.92. The van der Waals surface area contributed by atoms with Gasteiger partial charge in [0, 0.05) is 6.04 Å². The minimum atomic E-state index is -0.0653. The predicted octanol–water partition coefficient (Wildman–Crippen LogP) is 1.95. The Kier molecular flexibility index (Phi) is 3.78. The van der Waals surface area contributed by atoms with Gasteiger partial charge in [-0.3, -0.25) is 0 Å². The fourth-order valence-electron chi connectivity index (χ4n) is 2.48. The van der Waals surface area contributed by atoms with E-state index in [0.29, 0.717) is 12.5 Å². The van der Waals surface area contributed by atoms with Gasteiger partial charge in [0.1, 0.15) is 0 Å². The molecule has 0 saturated heterocycles. The van der Waals surface area contributed by atoms with Crippen molar-refractivity contribution in [2.24, 2.45) is 23.3 Å². The molecule has 100 valence electrons. The minimum Gasteiger partial charge on any atom is -0.454 e. The maximum absolute atomic E-state index is 6.37. The number of ether oxygens (including phenoxy) is 2. The Balaban J connectivity index is 2.32. The van der Waals surface area contributed by atoms with Crippen LogP contribution in [-0.4, -0.2) is 13.3 Å². The van der Waals surface area contributed by atoms with Crippen LogP contribution in [0.2, 0.25) is 0 Å². The molecule has 0 spiro atoms. The van der Waals surface area contributed by atoms with Gasteiger partial charge in [-0.25, -0.2) is 0 Å². The zero-order valence-corrected chi connectivity index (χ0v) is 11.3. The van der Waals surface area contributed by atoms with E-state index in [4.69, 9.17) is 20.9 Å². The Labute approximate surface area is 108 Å². The lowest BCUT2D eigenvalue weighted by Crippen LogP contribution is -2.32. The zero-order valence-electron chi connectivity index (χ0n) is 11.3. The third kappa shape index (κ3) is 2.31. The molecule has 0 saturated carbocycles. The summed E-state index contributed by atoms with van der Waals surface area (Å²) in [5, 5.41) is 0. The maximum Gasteiger partial charge on any atom is 0.231 e. The lowest BCUT2D eigenvalue weighted by molar-refractivity contribution is 0.174. The third-order valence-electron chi connectivity index (χ3n) is 3.71. The Morgan fingerprint density at radius 1 is 1.22 bits per heavy atom. The predicted molar refractivity (Wildman–Crippen MR) is 71.6 cm³/mol. The van der Waals surface area contributed by atoms with E-state index in [1.807, 2.05) is 19.1 Å². The Bertz CT molecular complexity index is 432. The average molecular weight is 250 g/mol. The van der Waals surface area contributed by atoms with Crippen molar-refractivity contribution in [3.63, 3.8) is 0 Å². The van der Waals surface area contributed by atoms with Crippen molar-refractivity contribution in [2.75, 3.05) is 13.3 Å². The highest BCUT2D eigenvalue weighted by molar-refractivity contribution is 5.49. The molecule has 0 fully saturated rings. The highest BCUT2D eigenvalue weighted by atomic mass is 16.7. The van der Waals surface area contributed by atoms with Crippen LogP contribution in [0.1, 0.15) is 31.0 Å². The van der Waals surface area contributed by atoms with Crippen molar-refractivity contribution >= 4 is 0 Å². The number of nitrogens with two attached hydrogens (primary N) is 2. The molecule has 2 atom stereocenters. The van der Waals surface area contributed by atoms with E-state index in [9.17, 15) is 0 Å². The molecule has 1 aliphatic rings. The molecule has 1 aliphatic heterocycles. The van der Waals surface area contributed by atoms with Crippen molar-refractivity contribution in [3.8, 4) is 11.5 Å². The van der Waals surface area contributed by atoms with Gasteiger partial charge in [-0.05, 0) is 48.6 Å². The summed E-state index contributed by atoms with van der Waals surface area (Å²) < 4.78 is 10.8. The first-order valence-electron chi connectivity index (χ1n) is 6.40. The van der Waals surface area contributed by atoms with Gasteiger partial charge in [0.2, 0.25) is 6.79 Å². The molecule has 0 aromatic heterocycles. The molecule has 2 rings (SSSR count). The third-order valence-corrected chi connectivity index (χ3v) is 3.71. The van der Waals surface area contributed by atoms with Gasteiger partial charge in [0.05, 0.1) is 0 Å². The molecule has 1 heterocycles. The van der Waals surface area contributed by atoms with Crippen molar-refractivity contribution in [1.29, 1.82) is 0 Å². The Morgan fingerprint density at radius 3 is 2.39 bits per heavy atom. The van der Waals surface area contributed by atoms with Crippen LogP contribution in [0.25, 0.3) is 0 Å². The van der Waals surface area contributed by atoms with Gasteiger partial charge in [-0.1, -0.05) is 13.8 Å². The molecule has 4 nitrogen and oxygen atoms in total.